The predicted octanol–water partition coefficient (Wildman–Crippen LogP) is 1.26. The maximum Gasteiger partial charge on any atom is 0.216 e. The lowest BCUT2D eigenvalue weighted by Gasteiger charge is -2.16. The molecule has 2 heterocycles. The van der Waals surface area contributed by atoms with Crippen LogP contribution in [0.1, 0.15) is 43.5 Å². The lowest BCUT2D eigenvalue weighted by atomic mass is 9.91. The predicted molar refractivity (Wildman–Crippen MR) is 62.6 cm³/mol. The number of hydrogen-bond donors (Lipinski definition) is 0. The van der Waals surface area contributed by atoms with Crippen molar-refractivity contribution in [1.82, 2.24) is 15.0 Å². The van der Waals surface area contributed by atoms with Crippen molar-refractivity contribution < 1.29 is 9.59 Å². The van der Waals surface area contributed by atoms with Crippen molar-refractivity contribution in [2.75, 3.05) is 0 Å². The first kappa shape index (κ1) is 10.7. The summed E-state index contributed by atoms with van der Waals surface area (Å²) in [4.78, 5) is 36.7. The van der Waals surface area contributed by atoms with Crippen molar-refractivity contribution in [1.29, 1.82) is 0 Å². The minimum absolute atomic E-state index is 0.128. The molecule has 0 aliphatic heterocycles. The van der Waals surface area contributed by atoms with Gasteiger partial charge >= 0.3 is 0 Å². The van der Waals surface area contributed by atoms with Crippen LogP contribution in [0.25, 0.3) is 0 Å². The maximum atomic E-state index is 12.2. The Balaban J connectivity index is 2.34. The van der Waals surface area contributed by atoms with Crippen molar-refractivity contribution in [3.63, 3.8) is 0 Å². The molecule has 0 unspecified atom stereocenters. The Hall–Kier alpha value is -2.43. The van der Waals surface area contributed by atoms with Gasteiger partial charge in [-0.1, -0.05) is 0 Å². The minimum Gasteiger partial charge on any atom is -0.287 e. The van der Waals surface area contributed by atoms with Crippen molar-refractivity contribution in [2.45, 2.75) is 13.8 Å². The summed E-state index contributed by atoms with van der Waals surface area (Å²) in [6.07, 6.45) is 2.89. The smallest absolute Gasteiger partial charge is 0.216 e. The van der Waals surface area contributed by atoms with E-state index in [4.69, 9.17) is 0 Å². The topological polar surface area (TPSA) is 72.8 Å². The molecule has 1 aliphatic carbocycles. The van der Waals surface area contributed by atoms with Gasteiger partial charge in [0.25, 0.3) is 0 Å². The molecule has 0 N–H and O–H groups in total. The summed E-state index contributed by atoms with van der Waals surface area (Å²) in [5, 5.41) is 0. The Morgan fingerprint density at radius 1 is 0.889 bits per heavy atom. The molecule has 0 radical (unpaired) electrons. The van der Waals surface area contributed by atoms with Gasteiger partial charge in [-0.2, -0.15) is 0 Å². The molecular weight excluding hydrogens is 230 g/mol. The average molecular weight is 239 g/mol. The van der Waals surface area contributed by atoms with E-state index in [1.165, 1.54) is 18.5 Å². The van der Waals surface area contributed by atoms with E-state index in [1.54, 1.807) is 13.8 Å². The number of hydrogen-bond acceptors (Lipinski definition) is 5. The average Bonchev–Trinajstić information content (AvgIpc) is 2.38. The summed E-state index contributed by atoms with van der Waals surface area (Å²) >= 11 is 0. The number of aryl methyl sites for hydroxylation is 2. The maximum absolute atomic E-state index is 12.2. The zero-order valence-electron chi connectivity index (χ0n) is 9.89. The summed E-state index contributed by atoms with van der Waals surface area (Å²) in [6.45, 7) is 3.53. The number of rotatable bonds is 0. The number of carbonyl (C=O) groups is 2. The number of pyridine rings is 1. The van der Waals surface area contributed by atoms with Crippen LogP contribution >= 0.6 is 0 Å². The van der Waals surface area contributed by atoms with Crippen LogP contribution in [-0.4, -0.2) is 26.5 Å². The van der Waals surface area contributed by atoms with Crippen molar-refractivity contribution in [3.05, 3.63) is 52.4 Å². The van der Waals surface area contributed by atoms with Crippen LogP contribution in [-0.2, 0) is 0 Å². The van der Waals surface area contributed by atoms with Crippen molar-refractivity contribution in [3.8, 4) is 0 Å². The molecule has 2 aromatic rings. The minimum atomic E-state index is -0.289. The molecule has 5 heteroatoms. The van der Waals surface area contributed by atoms with E-state index < -0.39 is 0 Å². The van der Waals surface area contributed by atoms with Gasteiger partial charge in [0.05, 0.1) is 17.0 Å². The number of ketones is 2. The van der Waals surface area contributed by atoms with Crippen LogP contribution < -0.4 is 0 Å². The second kappa shape index (κ2) is 3.53. The molecule has 18 heavy (non-hydrogen) atoms. The highest BCUT2D eigenvalue weighted by molar-refractivity contribution is 6.26. The SMILES string of the molecule is Cc1nc2c(nc1C)C(=O)c1cnccc1C2=O. The van der Waals surface area contributed by atoms with Gasteiger partial charge in [-0.05, 0) is 19.9 Å². The fourth-order valence-electron chi connectivity index (χ4n) is 1.95. The van der Waals surface area contributed by atoms with Gasteiger partial charge in [0, 0.05) is 18.0 Å². The number of fused-ring (bicyclic) bond motifs is 2. The molecular formula is C13H9N3O2. The molecule has 3 rings (SSSR count). The molecule has 0 saturated heterocycles. The zero-order chi connectivity index (χ0) is 12.9. The molecule has 2 aromatic heterocycles. The Morgan fingerprint density at radius 2 is 1.44 bits per heavy atom. The van der Waals surface area contributed by atoms with Crippen LogP contribution in [0, 0.1) is 13.8 Å². The monoisotopic (exact) mass is 239 g/mol. The highest BCUT2D eigenvalue weighted by atomic mass is 16.1. The molecule has 0 atom stereocenters. The van der Waals surface area contributed by atoms with Crippen molar-refractivity contribution >= 4 is 11.6 Å². The second-order valence-electron chi connectivity index (χ2n) is 4.17. The van der Waals surface area contributed by atoms with Gasteiger partial charge < -0.3 is 0 Å². The number of carbonyl (C=O) groups excluding carboxylic acids is 2. The number of nitrogens with zero attached hydrogens (tertiary/aromatic N) is 3. The first-order valence-corrected chi connectivity index (χ1v) is 5.48. The summed E-state index contributed by atoms with van der Waals surface area (Å²) < 4.78 is 0. The molecule has 0 fully saturated rings. The van der Waals surface area contributed by atoms with Crippen LogP contribution in [0.2, 0.25) is 0 Å². The zero-order valence-corrected chi connectivity index (χ0v) is 9.89. The standard InChI is InChI=1S/C13H9N3O2/c1-6-7(2)16-11-10(15-6)12(17)8-3-4-14-5-9(8)13(11)18/h3-5H,1-2H3. The molecule has 0 spiro atoms. The second-order valence-corrected chi connectivity index (χ2v) is 4.17. The van der Waals surface area contributed by atoms with E-state index in [0.29, 0.717) is 22.5 Å². The number of aromatic nitrogens is 3. The molecule has 0 aromatic carbocycles. The normalized spacial score (nSPS) is 13.2. The molecule has 0 bridgehead atoms. The summed E-state index contributed by atoms with van der Waals surface area (Å²) in [6, 6.07) is 1.54. The fourth-order valence-corrected chi connectivity index (χ4v) is 1.95. The van der Waals surface area contributed by atoms with Gasteiger partial charge in [0.1, 0.15) is 11.4 Å². The van der Waals surface area contributed by atoms with Gasteiger partial charge in [0.15, 0.2) is 0 Å². The van der Waals surface area contributed by atoms with E-state index in [2.05, 4.69) is 15.0 Å². The highest BCUT2D eigenvalue weighted by Gasteiger charge is 2.32. The van der Waals surface area contributed by atoms with E-state index in [1.807, 2.05) is 0 Å². The Kier molecular flexibility index (Phi) is 2.10. The summed E-state index contributed by atoms with van der Waals surface area (Å²) in [5.74, 6) is -0.555. The van der Waals surface area contributed by atoms with E-state index in [-0.39, 0.29) is 23.0 Å². The molecule has 0 amide bonds. The quantitative estimate of drug-likeness (QED) is 0.590. The van der Waals surface area contributed by atoms with Crippen LogP contribution in [0.4, 0.5) is 0 Å². The Bertz CT molecular complexity index is 647. The third kappa shape index (κ3) is 1.30. The summed E-state index contributed by atoms with van der Waals surface area (Å²) in [5.41, 5.74) is 2.23. The fraction of sp³-hybridized carbons (Fsp3) is 0.154. The van der Waals surface area contributed by atoms with Crippen LogP contribution in [0.15, 0.2) is 18.5 Å². The Morgan fingerprint density at radius 3 is 2.06 bits per heavy atom. The summed E-state index contributed by atoms with van der Waals surface area (Å²) in [7, 11) is 0. The lowest BCUT2D eigenvalue weighted by molar-refractivity contribution is 0.0970. The van der Waals surface area contributed by atoms with Crippen molar-refractivity contribution in [2.24, 2.45) is 0 Å². The Labute approximate surface area is 103 Å². The van der Waals surface area contributed by atoms with E-state index in [9.17, 15) is 9.59 Å². The van der Waals surface area contributed by atoms with Gasteiger partial charge in [-0.3, -0.25) is 14.6 Å². The first-order chi connectivity index (χ1) is 8.59. The molecule has 1 aliphatic rings. The first-order valence-electron chi connectivity index (χ1n) is 5.48. The van der Waals surface area contributed by atoms with Gasteiger partial charge in [-0.15, -0.1) is 0 Å². The van der Waals surface area contributed by atoms with Gasteiger partial charge in [-0.25, -0.2) is 9.97 Å². The van der Waals surface area contributed by atoms with Gasteiger partial charge in [0.2, 0.25) is 11.6 Å². The molecule has 5 nitrogen and oxygen atoms in total. The van der Waals surface area contributed by atoms with Crippen LogP contribution in [0.3, 0.4) is 0 Å². The third-order valence-electron chi connectivity index (χ3n) is 3.05. The van der Waals surface area contributed by atoms with Crippen LogP contribution in [0.5, 0.6) is 0 Å². The van der Waals surface area contributed by atoms with E-state index in [0.717, 1.165) is 0 Å². The van der Waals surface area contributed by atoms with E-state index >= 15 is 0 Å². The molecule has 88 valence electrons. The highest BCUT2D eigenvalue weighted by Crippen LogP contribution is 2.24. The largest absolute Gasteiger partial charge is 0.287 e. The lowest BCUT2D eigenvalue weighted by Crippen LogP contribution is -2.25. The molecule has 0 saturated carbocycles. The third-order valence-corrected chi connectivity index (χ3v) is 3.05.